The Bertz CT molecular complexity index is 3920. The molecule has 4 nitrogen and oxygen atoms in total. The van der Waals surface area contributed by atoms with E-state index in [0.29, 0.717) is 11.8 Å². The molecule has 1 aliphatic carbocycles. The summed E-state index contributed by atoms with van der Waals surface area (Å²) >= 11 is 0. The molecule has 67 heavy (non-hydrogen) atoms. The average Bonchev–Trinajstić information content (AvgIpc) is 3.75. The Morgan fingerprint density at radius 1 is 0.343 bits per heavy atom. The standard InChI is InChI=1S/C63H42N4/c1-3-15-41(16-4-1)42-29-31-44(32-30-42)62-64-61(43-17-5-2-6-18-43)65-63(66-62)67-59-28-12-11-27-56(59)57-36-34-50(40-60(57)67)48-22-14-20-46(38-48)45-19-13-21-47(37-45)49-33-35-55-53-25-8-7-23-51(53)52-24-9-10-26-54(52)58(55)39-49/h1-31,33-40,44H,32H2. The maximum Gasteiger partial charge on any atom is 0.238 e. The minimum Gasteiger partial charge on any atom is -0.278 e. The highest BCUT2D eigenvalue weighted by atomic mass is 15.2. The Morgan fingerprint density at radius 2 is 0.821 bits per heavy atom. The second-order valence-electron chi connectivity index (χ2n) is 17.5. The lowest BCUT2D eigenvalue weighted by molar-refractivity contribution is 0.751. The van der Waals surface area contributed by atoms with Gasteiger partial charge in [-0.25, -0.2) is 4.98 Å². The van der Waals surface area contributed by atoms with Crippen molar-refractivity contribution < 1.29 is 0 Å². The van der Waals surface area contributed by atoms with Crippen LogP contribution in [0.4, 0.5) is 0 Å². The molecule has 0 aliphatic heterocycles. The average molecular weight is 855 g/mol. The summed E-state index contributed by atoms with van der Waals surface area (Å²) in [4.78, 5) is 15.7. The van der Waals surface area contributed by atoms with Crippen molar-refractivity contribution in [1.82, 2.24) is 19.5 Å². The van der Waals surface area contributed by atoms with Crippen LogP contribution in [0.1, 0.15) is 23.7 Å². The quantitative estimate of drug-likeness (QED) is 0.150. The van der Waals surface area contributed by atoms with Gasteiger partial charge in [0.05, 0.1) is 11.0 Å². The van der Waals surface area contributed by atoms with E-state index < -0.39 is 0 Å². The summed E-state index contributed by atoms with van der Waals surface area (Å²) in [6.45, 7) is 0. The van der Waals surface area contributed by atoms with E-state index in [-0.39, 0.29) is 5.92 Å². The summed E-state index contributed by atoms with van der Waals surface area (Å²) in [6, 6.07) is 78.5. The molecule has 0 saturated carbocycles. The third-order valence-corrected chi connectivity index (χ3v) is 13.6. The Balaban J connectivity index is 0.897. The number of benzene rings is 10. The molecule has 314 valence electrons. The van der Waals surface area contributed by atoms with E-state index in [4.69, 9.17) is 15.0 Å². The molecule has 0 amide bonds. The fourth-order valence-electron chi connectivity index (χ4n) is 10.2. The molecular weight excluding hydrogens is 813 g/mol. The van der Waals surface area contributed by atoms with Crippen LogP contribution in [0.2, 0.25) is 0 Å². The predicted octanol–water partition coefficient (Wildman–Crippen LogP) is 16.2. The molecule has 2 aromatic heterocycles. The van der Waals surface area contributed by atoms with Gasteiger partial charge < -0.3 is 0 Å². The lowest BCUT2D eigenvalue weighted by Crippen LogP contribution is -2.11. The van der Waals surface area contributed by atoms with E-state index in [2.05, 4.69) is 223 Å². The molecule has 0 saturated heterocycles. The van der Waals surface area contributed by atoms with Gasteiger partial charge in [0.1, 0.15) is 5.82 Å². The predicted molar refractivity (Wildman–Crippen MR) is 279 cm³/mol. The van der Waals surface area contributed by atoms with E-state index in [9.17, 15) is 0 Å². The molecule has 0 bridgehead atoms. The summed E-state index contributed by atoms with van der Waals surface area (Å²) in [7, 11) is 0. The highest BCUT2D eigenvalue weighted by molar-refractivity contribution is 6.25. The van der Waals surface area contributed by atoms with Crippen LogP contribution < -0.4 is 0 Å². The Labute approximate surface area is 388 Å². The van der Waals surface area contributed by atoms with Crippen LogP contribution >= 0.6 is 0 Å². The highest BCUT2D eigenvalue weighted by Gasteiger charge is 2.22. The summed E-state index contributed by atoms with van der Waals surface area (Å²) in [5, 5.41) is 10.0. The van der Waals surface area contributed by atoms with Gasteiger partial charge in [0.2, 0.25) is 5.95 Å². The molecule has 0 fully saturated rings. The summed E-state index contributed by atoms with van der Waals surface area (Å²) in [6.07, 6.45) is 7.55. The Hall–Kier alpha value is -8.73. The summed E-state index contributed by atoms with van der Waals surface area (Å²) < 4.78 is 2.23. The fraction of sp³-hybridized carbons (Fsp3) is 0.0317. The SMILES string of the molecule is C1=CC(c2nc(-c3ccccc3)nc(-n3c4ccccc4c4ccc(-c5cccc(-c6cccc(-c7ccc8c9ccccc9c9ccccc9c8c7)c6)c5)cc43)n2)CC=C1c1ccccc1. The largest absolute Gasteiger partial charge is 0.278 e. The van der Waals surface area contributed by atoms with E-state index >= 15 is 0 Å². The van der Waals surface area contributed by atoms with Crippen molar-refractivity contribution in [3.63, 3.8) is 0 Å². The zero-order chi connectivity index (χ0) is 44.3. The Morgan fingerprint density at radius 3 is 1.43 bits per heavy atom. The van der Waals surface area contributed by atoms with E-state index in [1.54, 1.807) is 0 Å². The topological polar surface area (TPSA) is 43.6 Å². The van der Waals surface area contributed by atoms with E-state index in [1.165, 1.54) is 60.1 Å². The number of rotatable bonds is 7. The number of para-hydroxylation sites is 1. The molecular formula is C63H42N4. The third-order valence-electron chi connectivity index (χ3n) is 13.6. The monoisotopic (exact) mass is 854 g/mol. The lowest BCUT2D eigenvalue weighted by Gasteiger charge is -2.17. The molecule has 2 heterocycles. The van der Waals surface area contributed by atoms with Crippen molar-refractivity contribution in [1.29, 1.82) is 0 Å². The van der Waals surface area contributed by atoms with Crippen molar-refractivity contribution >= 4 is 59.7 Å². The van der Waals surface area contributed by atoms with Crippen LogP contribution in [-0.2, 0) is 0 Å². The van der Waals surface area contributed by atoms with Crippen molar-refractivity contribution in [2.45, 2.75) is 12.3 Å². The van der Waals surface area contributed by atoms with Gasteiger partial charge in [-0.3, -0.25) is 4.57 Å². The van der Waals surface area contributed by atoms with Gasteiger partial charge >= 0.3 is 0 Å². The molecule has 0 N–H and O–H groups in total. The molecule has 10 aromatic carbocycles. The number of allylic oxidation sites excluding steroid dienone is 4. The van der Waals surface area contributed by atoms with Crippen LogP contribution in [-0.4, -0.2) is 19.5 Å². The Kier molecular flexibility index (Phi) is 9.28. The minimum atomic E-state index is 0.00281. The van der Waals surface area contributed by atoms with Crippen molar-refractivity contribution in [2.75, 3.05) is 0 Å². The van der Waals surface area contributed by atoms with E-state index in [1.807, 2.05) is 18.2 Å². The van der Waals surface area contributed by atoms with Gasteiger partial charge in [-0.05, 0) is 114 Å². The van der Waals surface area contributed by atoms with Crippen LogP contribution in [0.5, 0.6) is 0 Å². The van der Waals surface area contributed by atoms with Crippen molar-refractivity contribution in [3.8, 4) is 50.7 Å². The first-order valence-corrected chi connectivity index (χ1v) is 23.0. The van der Waals surface area contributed by atoms with Gasteiger partial charge in [0, 0.05) is 22.3 Å². The zero-order valence-corrected chi connectivity index (χ0v) is 36.6. The first-order valence-electron chi connectivity index (χ1n) is 23.0. The summed E-state index contributed by atoms with van der Waals surface area (Å²) in [5.41, 5.74) is 12.5. The smallest absolute Gasteiger partial charge is 0.238 e. The van der Waals surface area contributed by atoms with Gasteiger partial charge in [0.15, 0.2) is 5.82 Å². The molecule has 1 unspecified atom stereocenters. The van der Waals surface area contributed by atoms with Gasteiger partial charge in [0.25, 0.3) is 0 Å². The maximum absolute atomic E-state index is 5.32. The molecule has 4 heteroatoms. The minimum absolute atomic E-state index is 0.00281. The van der Waals surface area contributed by atoms with Crippen molar-refractivity contribution in [2.24, 2.45) is 0 Å². The lowest BCUT2D eigenvalue weighted by atomic mass is 9.91. The molecule has 0 spiro atoms. The van der Waals surface area contributed by atoms with Crippen LogP contribution in [0.25, 0.3) is 110 Å². The normalized spacial score (nSPS) is 13.8. The second-order valence-corrected chi connectivity index (χ2v) is 17.5. The van der Waals surface area contributed by atoms with Crippen LogP contribution in [0, 0.1) is 0 Å². The number of nitrogens with zero attached hydrogens (tertiary/aromatic N) is 4. The number of hydrogen-bond acceptors (Lipinski definition) is 3. The van der Waals surface area contributed by atoms with Gasteiger partial charge in [-0.1, -0.05) is 206 Å². The highest BCUT2D eigenvalue weighted by Crippen LogP contribution is 2.40. The second kappa shape index (κ2) is 16.1. The number of aromatic nitrogens is 4. The number of fused-ring (bicyclic) bond motifs is 9. The van der Waals surface area contributed by atoms with Gasteiger partial charge in [-0.15, -0.1) is 0 Å². The zero-order valence-electron chi connectivity index (χ0n) is 36.6. The molecule has 0 radical (unpaired) electrons. The molecule has 12 aromatic rings. The molecule has 13 rings (SSSR count). The molecule has 1 aliphatic rings. The van der Waals surface area contributed by atoms with Crippen molar-refractivity contribution in [3.05, 3.63) is 248 Å². The molecule has 1 atom stereocenters. The van der Waals surface area contributed by atoms with Gasteiger partial charge in [-0.2, -0.15) is 9.97 Å². The van der Waals surface area contributed by atoms with E-state index in [0.717, 1.165) is 56.3 Å². The fourth-order valence-corrected chi connectivity index (χ4v) is 10.2. The van der Waals surface area contributed by atoms with Crippen LogP contribution in [0.15, 0.2) is 237 Å². The maximum atomic E-state index is 5.32. The summed E-state index contributed by atoms with van der Waals surface area (Å²) in [5.74, 6) is 2.03. The third kappa shape index (κ3) is 6.81. The first kappa shape index (κ1) is 38.7. The number of hydrogen-bond donors (Lipinski definition) is 0. The van der Waals surface area contributed by atoms with Crippen LogP contribution in [0.3, 0.4) is 0 Å². The first-order chi connectivity index (χ1) is 33.2.